The van der Waals surface area contributed by atoms with Gasteiger partial charge >= 0.3 is 0 Å². The van der Waals surface area contributed by atoms with Crippen molar-refractivity contribution in [2.24, 2.45) is 5.92 Å². The Balaban J connectivity index is 1.18. The summed E-state index contributed by atoms with van der Waals surface area (Å²) >= 11 is 0. The molecule has 7 heteroatoms. The molecule has 33 heavy (non-hydrogen) atoms. The Bertz CT molecular complexity index is 1150. The van der Waals surface area contributed by atoms with Gasteiger partial charge in [-0.3, -0.25) is 9.78 Å². The number of benzene rings is 1. The summed E-state index contributed by atoms with van der Waals surface area (Å²) in [5.41, 5.74) is 4.91. The van der Waals surface area contributed by atoms with Gasteiger partial charge in [0.1, 0.15) is 17.7 Å². The van der Waals surface area contributed by atoms with Crippen LogP contribution in [0, 0.1) is 19.8 Å². The summed E-state index contributed by atoms with van der Waals surface area (Å²) in [6, 6.07) is 12.1. The van der Waals surface area contributed by atoms with Crippen molar-refractivity contribution in [1.82, 2.24) is 20.3 Å². The van der Waals surface area contributed by atoms with E-state index in [4.69, 9.17) is 4.74 Å². The number of carbonyl (C=O) groups is 1. The van der Waals surface area contributed by atoms with E-state index in [9.17, 15) is 4.79 Å². The Labute approximate surface area is 194 Å². The van der Waals surface area contributed by atoms with Crippen LogP contribution in [0.25, 0.3) is 11.3 Å². The summed E-state index contributed by atoms with van der Waals surface area (Å²) in [4.78, 5) is 28.6. The number of aryl methyl sites for hydroxylation is 2. The number of ether oxygens (including phenoxy) is 1. The van der Waals surface area contributed by atoms with Crippen LogP contribution in [0.1, 0.15) is 29.8 Å². The zero-order chi connectivity index (χ0) is 22.8. The van der Waals surface area contributed by atoms with E-state index < -0.39 is 0 Å². The molecule has 0 radical (unpaired) electrons. The summed E-state index contributed by atoms with van der Waals surface area (Å²) in [5, 5.41) is 3.13. The van der Waals surface area contributed by atoms with E-state index in [1.165, 1.54) is 0 Å². The maximum absolute atomic E-state index is 12.9. The topological polar surface area (TPSA) is 80.2 Å². The van der Waals surface area contributed by atoms with Gasteiger partial charge in [0.15, 0.2) is 0 Å². The molecule has 0 spiro atoms. The molecule has 1 N–H and O–H groups in total. The van der Waals surface area contributed by atoms with Gasteiger partial charge in [-0.25, -0.2) is 9.97 Å². The average Bonchev–Trinajstić information content (AvgIpc) is 3.27. The number of amides is 1. The summed E-state index contributed by atoms with van der Waals surface area (Å²) in [6.07, 6.45) is 6.19. The molecule has 1 amide bonds. The Kier molecular flexibility index (Phi) is 5.94. The van der Waals surface area contributed by atoms with Crippen LogP contribution < -0.4 is 15.0 Å². The summed E-state index contributed by atoms with van der Waals surface area (Å²) in [7, 11) is 0. The van der Waals surface area contributed by atoms with Crippen LogP contribution in [0.15, 0.2) is 48.8 Å². The molecular weight excluding hydrogens is 414 g/mol. The largest absolute Gasteiger partial charge is 0.488 e. The lowest BCUT2D eigenvalue weighted by molar-refractivity contribution is -0.125. The SMILES string of the molecule is Cc1cnc(C)c(-c2ccc3c(c2)CC(CNC(=O)C2CCCN(c4ccccn4)C2)O3)n1. The molecule has 0 bridgehead atoms. The highest BCUT2D eigenvalue weighted by Crippen LogP contribution is 2.33. The fourth-order valence-corrected chi connectivity index (χ4v) is 4.69. The number of carbonyl (C=O) groups excluding carboxylic acids is 1. The van der Waals surface area contributed by atoms with Crippen LogP contribution in [0.2, 0.25) is 0 Å². The normalized spacial score (nSPS) is 19.6. The van der Waals surface area contributed by atoms with Crippen molar-refractivity contribution in [3.05, 3.63) is 65.7 Å². The highest BCUT2D eigenvalue weighted by atomic mass is 16.5. The smallest absolute Gasteiger partial charge is 0.225 e. The van der Waals surface area contributed by atoms with Crippen molar-refractivity contribution in [1.29, 1.82) is 0 Å². The number of nitrogens with zero attached hydrogens (tertiary/aromatic N) is 4. The summed E-state index contributed by atoms with van der Waals surface area (Å²) in [5.74, 6) is 1.89. The number of anilines is 1. The second kappa shape index (κ2) is 9.17. The standard InChI is InChI=1S/C26H29N5O2/c1-17-14-28-18(2)25(30-17)19-8-9-23-21(12-19)13-22(33-23)15-29-26(32)20-6-5-11-31(16-20)24-7-3-4-10-27-24/h3-4,7-10,12,14,20,22H,5-6,11,13,15-16H2,1-2H3,(H,29,32). The van der Waals surface area contributed by atoms with Crippen molar-refractivity contribution in [3.8, 4) is 17.0 Å². The first-order valence-electron chi connectivity index (χ1n) is 11.6. The van der Waals surface area contributed by atoms with E-state index >= 15 is 0 Å². The number of hydrogen-bond acceptors (Lipinski definition) is 6. The van der Waals surface area contributed by atoms with Crippen LogP contribution in [0.3, 0.4) is 0 Å². The van der Waals surface area contributed by atoms with Gasteiger partial charge < -0.3 is 15.0 Å². The quantitative estimate of drug-likeness (QED) is 0.650. The maximum atomic E-state index is 12.9. The molecule has 170 valence electrons. The first-order chi connectivity index (χ1) is 16.1. The molecule has 0 saturated carbocycles. The predicted molar refractivity (Wildman–Crippen MR) is 127 cm³/mol. The first kappa shape index (κ1) is 21.4. The van der Waals surface area contributed by atoms with Gasteiger partial charge in [0.2, 0.25) is 5.91 Å². The van der Waals surface area contributed by atoms with Crippen molar-refractivity contribution in [2.45, 2.75) is 39.2 Å². The second-order valence-corrected chi connectivity index (χ2v) is 8.93. The Morgan fingerprint density at radius 2 is 2.12 bits per heavy atom. The molecule has 1 aromatic carbocycles. The highest BCUT2D eigenvalue weighted by molar-refractivity contribution is 5.79. The first-order valence-corrected chi connectivity index (χ1v) is 11.6. The summed E-state index contributed by atoms with van der Waals surface area (Å²) < 4.78 is 6.11. The van der Waals surface area contributed by atoms with E-state index in [0.717, 1.165) is 65.6 Å². The van der Waals surface area contributed by atoms with E-state index in [0.29, 0.717) is 13.1 Å². The van der Waals surface area contributed by atoms with Gasteiger partial charge in [-0.15, -0.1) is 0 Å². The molecule has 7 nitrogen and oxygen atoms in total. The Hall–Kier alpha value is -3.48. The minimum Gasteiger partial charge on any atom is -0.488 e. The van der Waals surface area contributed by atoms with Crippen LogP contribution in [-0.4, -0.2) is 46.6 Å². The minimum atomic E-state index is -0.0561. The van der Waals surface area contributed by atoms with Crippen LogP contribution in [-0.2, 0) is 11.2 Å². The van der Waals surface area contributed by atoms with Crippen molar-refractivity contribution in [3.63, 3.8) is 0 Å². The fraction of sp³-hybridized carbons (Fsp3) is 0.385. The molecule has 5 rings (SSSR count). The molecule has 4 heterocycles. The average molecular weight is 444 g/mol. The Morgan fingerprint density at radius 1 is 1.21 bits per heavy atom. The second-order valence-electron chi connectivity index (χ2n) is 8.93. The lowest BCUT2D eigenvalue weighted by Gasteiger charge is -2.33. The van der Waals surface area contributed by atoms with Crippen molar-refractivity contribution < 1.29 is 9.53 Å². The van der Waals surface area contributed by atoms with Gasteiger partial charge in [-0.2, -0.15) is 0 Å². The number of rotatable bonds is 5. The Morgan fingerprint density at radius 3 is 2.97 bits per heavy atom. The number of pyridine rings is 1. The number of fused-ring (bicyclic) bond motifs is 1. The molecule has 0 aliphatic carbocycles. The van der Waals surface area contributed by atoms with Gasteiger partial charge in [-0.05, 0) is 62.6 Å². The molecular formula is C26H29N5O2. The van der Waals surface area contributed by atoms with E-state index in [1.54, 1.807) is 12.4 Å². The van der Waals surface area contributed by atoms with Gasteiger partial charge in [-0.1, -0.05) is 6.07 Å². The van der Waals surface area contributed by atoms with E-state index in [-0.39, 0.29) is 17.9 Å². The monoisotopic (exact) mass is 443 g/mol. The molecule has 3 aromatic rings. The maximum Gasteiger partial charge on any atom is 0.225 e. The lowest BCUT2D eigenvalue weighted by Crippen LogP contribution is -2.45. The number of aromatic nitrogens is 3. The third kappa shape index (κ3) is 4.67. The van der Waals surface area contributed by atoms with E-state index in [1.807, 2.05) is 44.2 Å². The number of nitrogens with one attached hydrogen (secondary N) is 1. The van der Waals surface area contributed by atoms with Gasteiger partial charge in [0.05, 0.1) is 29.5 Å². The molecule has 2 atom stereocenters. The molecule has 2 aliphatic rings. The van der Waals surface area contributed by atoms with Gasteiger partial charge in [0.25, 0.3) is 0 Å². The minimum absolute atomic E-state index is 0.0287. The van der Waals surface area contributed by atoms with Crippen LogP contribution >= 0.6 is 0 Å². The zero-order valence-corrected chi connectivity index (χ0v) is 19.1. The van der Waals surface area contributed by atoms with Crippen molar-refractivity contribution >= 4 is 11.7 Å². The highest BCUT2D eigenvalue weighted by Gasteiger charge is 2.29. The lowest BCUT2D eigenvalue weighted by atomic mass is 9.97. The summed E-state index contributed by atoms with van der Waals surface area (Å²) in [6.45, 7) is 6.08. The van der Waals surface area contributed by atoms with Crippen molar-refractivity contribution in [2.75, 3.05) is 24.5 Å². The molecule has 1 saturated heterocycles. The molecule has 2 unspecified atom stereocenters. The molecule has 2 aromatic heterocycles. The van der Waals surface area contributed by atoms with Crippen LogP contribution in [0.4, 0.5) is 5.82 Å². The number of piperidine rings is 1. The zero-order valence-electron chi connectivity index (χ0n) is 19.1. The molecule has 2 aliphatic heterocycles. The van der Waals surface area contributed by atoms with Gasteiger partial charge in [0, 0.05) is 37.5 Å². The fourth-order valence-electron chi connectivity index (χ4n) is 4.69. The van der Waals surface area contributed by atoms with E-state index in [2.05, 4.69) is 31.2 Å². The third-order valence-electron chi connectivity index (χ3n) is 6.42. The number of hydrogen-bond donors (Lipinski definition) is 1. The third-order valence-corrected chi connectivity index (χ3v) is 6.42. The molecule has 1 fully saturated rings. The van der Waals surface area contributed by atoms with Crippen LogP contribution in [0.5, 0.6) is 5.75 Å². The predicted octanol–water partition coefficient (Wildman–Crippen LogP) is 3.49.